The summed E-state index contributed by atoms with van der Waals surface area (Å²) in [4.78, 5) is 30.2. The molecule has 170 valence electrons. The third-order valence-corrected chi connectivity index (χ3v) is 6.07. The number of amides is 2. The van der Waals surface area contributed by atoms with E-state index in [1.165, 1.54) is 11.3 Å². The van der Waals surface area contributed by atoms with E-state index < -0.39 is 0 Å². The van der Waals surface area contributed by atoms with E-state index in [1.807, 2.05) is 24.3 Å². The number of hydrogen-bond acceptors (Lipinski definition) is 5. The van der Waals surface area contributed by atoms with Crippen LogP contribution in [0.3, 0.4) is 0 Å². The minimum Gasteiger partial charge on any atom is -0.493 e. The van der Waals surface area contributed by atoms with Crippen LogP contribution in [0.2, 0.25) is 0 Å². The van der Waals surface area contributed by atoms with Gasteiger partial charge in [0, 0.05) is 19.6 Å². The average molecular weight is 429 g/mol. The van der Waals surface area contributed by atoms with Crippen LogP contribution < -0.4 is 4.74 Å². The van der Waals surface area contributed by atoms with Crippen LogP contribution in [0.25, 0.3) is 5.57 Å². The van der Waals surface area contributed by atoms with Crippen LogP contribution in [0, 0.1) is 5.92 Å². The van der Waals surface area contributed by atoms with E-state index in [4.69, 9.17) is 4.74 Å². The highest BCUT2D eigenvalue weighted by Gasteiger charge is 2.43. The second-order valence-electron chi connectivity index (χ2n) is 9.08. The largest absolute Gasteiger partial charge is 0.493 e. The number of hydrogen-bond donors (Lipinski definition) is 1. The lowest BCUT2D eigenvalue weighted by Crippen LogP contribution is -2.42. The lowest BCUT2D eigenvalue weighted by atomic mass is 9.95. The highest BCUT2D eigenvalue weighted by Crippen LogP contribution is 2.35. The Labute approximate surface area is 185 Å². The maximum atomic E-state index is 13.6. The van der Waals surface area contributed by atoms with Gasteiger partial charge in [0.2, 0.25) is 0 Å². The zero-order valence-electron chi connectivity index (χ0n) is 19.1. The molecule has 2 amide bonds. The third kappa shape index (κ3) is 5.48. The molecule has 0 saturated heterocycles. The van der Waals surface area contributed by atoms with Gasteiger partial charge in [-0.3, -0.25) is 14.5 Å². The van der Waals surface area contributed by atoms with Crippen LogP contribution in [0.15, 0.2) is 30.0 Å². The van der Waals surface area contributed by atoms with Crippen molar-refractivity contribution in [3.05, 3.63) is 35.5 Å². The van der Waals surface area contributed by atoms with Crippen molar-refractivity contribution >= 4 is 17.4 Å². The van der Waals surface area contributed by atoms with Gasteiger partial charge in [-0.25, -0.2) is 0 Å². The van der Waals surface area contributed by atoms with Crippen LogP contribution in [0.1, 0.15) is 64.4 Å². The molecule has 1 aromatic rings. The van der Waals surface area contributed by atoms with Crippen molar-refractivity contribution in [3.8, 4) is 5.75 Å². The topological polar surface area (TPSA) is 70.1 Å². The molecule has 0 radical (unpaired) electrons. The molecule has 0 spiro atoms. The molecule has 6 nitrogen and oxygen atoms in total. The fourth-order valence-electron chi connectivity index (χ4n) is 4.42. The summed E-state index contributed by atoms with van der Waals surface area (Å²) in [6, 6.07) is 7.36. The van der Waals surface area contributed by atoms with Gasteiger partial charge in [-0.15, -0.1) is 0 Å². The first kappa shape index (κ1) is 23.3. The lowest BCUT2D eigenvalue weighted by Gasteiger charge is -2.29. The Morgan fingerprint density at radius 1 is 1.03 bits per heavy atom. The van der Waals surface area contributed by atoms with Gasteiger partial charge in [0.1, 0.15) is 11.4 Å². The summed E-state index contributed by atoms with van der Waals surface area (Å²) in [7, 11) is 1.76. The molecular weight excluding hydrogens is 392 g/mol. The maximum Gasteiger partial charge on any atom is 0.278 e. The number of carbonyl (C=O) groups is 2. The summed E-state index contributed by atoms with van der Waals surface area (Å²) in [6.45, 7) is 5.02. The molecule has 0 atom stereocenters. The summed E-state index contributed by atoms with van der Waals surface area (Å²) in [5, 5.41) is 9.44. The molecule has 1 aliphatic carbocycles. The smallest absolute Gasteiger partial charge is 0.278 e. The molecule has 6 heteroatoms. The highest BCUT2D eigenvalue weighted by atomic mass is 16.5. The van der Waals surface area contributed by atoms with Crippen molar-refractivity contribution in [1.29, 1.82) is 0 Å². The summed E-state index contributed by atoms with van der Waals surface area (Å²) < 4.78 is 5.77. The Bertz CT molecular complexity index is 792. The number of likely N-dealkylation sites (N-methyl/N-ethyl adjacent to an activating group) is 1. The number of aliphatic hydroxyl groups excluding tert-OH is 1. The minimum atomic E-state index is -0.235. The number of benzene rings is 1. The van der Waals surface area contributed by atoms with Crippen molar-refractivity contribution in [3.63, 3.8) is 0 Å². The van der Waals surface area contributed by atoms with Crippen LogP contribution >= 0.6 is 0 Å². The second-order valence-corrected chi connectivity index (χ2v) is 9.08. The molecular formula is C25H36N2O4. The number of ether oxygens (including phenoxy) is 1. The summed E-state index contributed by atoms with van der Waals surface area (Å²) in [5.41, 5.74) is 1.53. The van der Waals surface area contributed by atoms with Crippen molar-refractivity contribution in [2.75, 3.05) is 26.8 Å². The highest BCUT2D eigenvalue weighted by molar-refractivity contribution is 6.35. The van der Waals surface area contributed by atoms with Crippen molar-refractivity contribution in [1.82, 2.24) is 9.80 Å². The first-order chi connectivity index (χ1) is 14.9. The predicted molar refractivity (Wildman–Crippen MR) is 121 cm³/mol. The Morgan fingerprint density at radius 3 is 2.23 bits per heavy atom. The van der Waals surface area contributed by atoms with Crippen LogP contribution in [-0.4, -0.2) is 59.6 Å². The number of carbonyl (C=O) groups excluding carboxylic acids is 2. The van der Waals surface area contributed by atoms with E-state index in [0.29, 0.717) is 35.9 Å². The SMILES string of the molecule is CC(C)COc1ccc(C2=C(N(C)CCO)C(=O)N(C3CCCCCCC3)C2=O)cc1. The summed E-state index contributed by atoms with van der Waals surface area (Å²) in [5.74, 6) is 0.720. The molecule has 0 aromatic heterocycles. The Morgan fingerprint density at radius 2 is 1.65 bits per heavy atom. The van der Waals surface area contributed by atoms with Gasteiger partial charge in [-0.1, -0.05) is 58.1 Å². The van der Waals surface area contributed by atoms with Gasteiger partial charge in [0.05, 0.1) is 18.8 Å². The van der Waals surface area contributed by atoms with Gasteiger partial charge in [-0.2, -0.15) is 0 Å². The van der Waals surface area contributed by atoms with E-state index >= 15 is 0 Å². The van der Waals surface area contributed by atoms with Gasteiger partial charge in [-0.05, 0) is 36.5 Å². The van der Waals surface area contributed by atoms with Crippen molar-refractivity contribution in [2.45, 2.75) is 64.8 Å². The molecule has 0 unspecified atom stereocenters. The van der Waals surface area contributed by atoms with Crippen LogP contribution in [0.5, 0.6) is 5.75 Å². The zero-order valence-corrected chi connectivity index (χ0v) is 19.1. The second kappa shape index (κ2) is 10.8. The van der Waals surface area contributed by atoms with Gasteiger partial charge < -0.3 is 14.7 Å². The zero-order chi connectivity index (χ0) is 22.4. The quantitative estimate of drug-likeness (QED) is 0.637. The van der Waals surface area contributed by atoms with Crippen molar-refractivity contribution in [2.24, 2.45) is 5.92 Å². The number of nitrogens with zero attached hydrogens (tertiary/aromatic N) is 2. The number of rotatable bonds is 8. The normalized spacial score (nSPS) is 18.5. The van der Waals surface area contributed by atoms with Gasteiger partial charge in [0.15, 0.2) is 0 Å². The molecule has 1 aliphatic heterocycles. The molecule has 1 aromatic carbocycles. The molecule has 1 N–H and O–H groups in total. The monoisotopic (exact) mass is 428 g/mol. The fraction of sp³-hybridized carbons (Fsp3) is 0.600. The van der Waals surface area contributed by atoms with E-state index in [1.54, 1.807) is 11.9 Å². The van der Waals surface area contributed by atoms with E-state index in [2.05, 4.69) is 13.8 Å². The third-order valence-electron chi connectivity index (χ3n) is 6.07. The number of imide groups is 1. The molecule has 3 rings (SSSR count). The Kier molecular flexibility index (Phi) is 8.13. The number of aliphatic hydroxyl groups is 1. The standard InChI is InChI=1S/C25H36N2O4/c1-18(2)17-31-21-13-11-19(12-14-21)22-23(26(3)15-16-28)25(30)27(24(22)29)20-9-7-5-4-6-8-10-20/h11-14,18,20,28H,4-10,15-17H2,1-3H3. The maximum absolute atomic E-state index is 13.6. The van der Waals surface area contributed by atoms with E-state index in [0.717, 1.165) is 44.3 Å². The molecule has 1 heterocycles. The molecule has 31 heavy (non-hydrogen) atoms. The molecule has 1 fully saturated rings. The fourth-order valence-corrected chi connectivity index (χ4v) is 4.42. The Hall–Kier alpha value is -2.34. The molecule has 1 saturated carbocycles. The summed E-state index contributed by atoms with van der Waals surface area (Å²) in [6.07, 6.45) is 7.35. The minimum absolute atomic E-state index is 0.0519. The first-order valence-corrected chi connectivity index (χ1v) is 11.6. The van der Waals surface area contributed by atoms with Gasteiger partial charge in [0.25, 0.3) is 11.8 Å². The Balaban J connectivity index is 1.91. The van der Waals surface area contributed by atoms with E-state index in [9.17, 15) is 14.7 Å². The van der Waals surface area contributed by atoms with Crippen molar-refractivity contribution < 1.29 is 19.4 Å². The first-order valence-electron chi connectivity index (χ1n) is 11.6. The van der Waals surface area contributed by atoms with Gasteiger partial charge >= 0.3 is 0 Å². The predicted octanol–water partition coefficient (Wildman–Crippen LogP) is 3.84. The van der Waals surface area contributed by atoms with E-state index in [-0.39, 0.29) is 24.5 Å². The van der Waals surface area contributed by atoms with Crippen LogP contribution in [-0.2, 0) is 9.59 Å². The van der Waals surface area contributed by atoms with Crippen LogP contribution in [0.4, 0.5) is 0 Å². The average Bonchev–Trinajstić information content (AvgIpc) is 2.97. The lowest BCUT2D eigenvalue weighted by molar-refractivity contribution is -0.140. The molecule has 0 bridgehead atoms. The molecule has 2 aliphatic rings. The summed E-state index contributed by atoms with van der Waals surface area (Å²) >= 11 is 0.